The summed E-state index contributed by atoms with van der Waals surface area (Å²) in [5, 5.41) is 8.26. The molecule has 175 valence electrons. The van der Waals surface area contributed by atoms with Crippen molar-refractivity contribution in [3.8, 4) is 0 Å². The first kappa shape index (κ1) is 28.9. The van der Waals surface area contributed by atoms with Crippen LogP contribution in [0.5, 0.6) is 0 Å². The molecule has 0 heterocycles. The second kappa shape index (κ2) is 13.6. The van der Waals surface area contributed by atoms with Crippen LogP contribution < -0.4 is 10.6 Å². The molecule has 2 aromatic rings. The average molecular weight is 523 g/mol. The molecular weight excluding hydrogens is 483 g/mol. The van der Waals surface area contributed by atoms with Gasteiger partial charge in [0, 0.05) is 0 Å². The Kier molecular flexibility index (Phi) is 12.7. The summed E-state index contributed by atoms with van der Waals surface area (Å²) in [4.78, 5) is 0. The van der Waals surface area contributed by atoms with Gasteiger partial charge in [0.1, 0.15) is 0 Å². The summed E-state index contributed by atoms with van der Waals surface area (Å²) >= 11 is 3.03. The Morgan fingerprint density at radius 1 is 0.613 bits per heavy atom. The zero-order chi connectivity index (χ0) is 23.9. The summed E-state index contributed by atoms with van der Waals surface area (Å²) in [6, 6.07) is 13.7. The van der Waals surface area contributed by atoms with Crippen LogP contribution in [-0.2, 0) is 14.8 Å². The van der Waals surface area contributed by atoms with Crippen LogP contribution in [0.1, 0.15) is 66.5 Å². The predicted molar refractivity (Wildman–Crippen MR) is 145 cm³/mol. The molecule has 5 heteroatoms. The van der Waals surface area contributed by atoms with E-state index in [0.29, 0.717) is 22.6 Å². The Morgan fingerprint density at radius 3 is 1.16 bits per heavy atom. The van der Waals surface area contributed by atoms with E-state index in [0.717, 1.165) is 0 Å². The van der Waals surface area contributed by atoms with Gasteiger partial charge in [-0.3, -0.25) is 0 Å². The topological polar surface area (TPSA) is 14.1 Å². The summed E-state index contributed by atoms with van der Waals surface area (Å²) < 4.78 is 0. The molecule has 0 aromatic heterocycles. The van der Waals surface area contributed by atoms with Gasteiger partial charge in [0.25, 0.3) is 0 Å². The second-order valence-corrected chi connectivity index (χ2v) is 16.0. The molecule has 2 aromatic carbocycles. The molecule has 0 aliphatic heterocycles. The Morgan fingerprint density at radius 2 is 0.903 bits per heavy atom. The van der Waals surface area contributed by atoms with Crippen molar-refractivity contribution in [2.45, 2.75) is 91.9 Å². The van der Waals surface area contributed by atoms with Crippen LogP contribution in [0.15, 0.2) is 36.4 Å². The molecule has 0 saturated carbocycles. The standard InChI is InChI=1S/C26H40NP2.ClH.Co/c1-17(2)28(18(3)4)25-15-21(9)11-13-23(25)27-24-14-12-22(10)16-26(24)29(19(5)6)20(7)8;;/h11-20H,1-10H3;1H;/q-1;;+2/p-1. The molecule has 1 nitrogen and oxygen atoms in total. The fourth-order valence-corrected chi connectivity index (χ4v) is 10.4. The molecule has 0 amide bonds. The number of halogens is 1. The van der Waals surface area contributed by atoms with E-state index < -0.39 is 0 Å². The monoisotopic (exact) mass is 522 g/mol. The number of benzene rings is 2. The summed E-state index contributed by atoms with van der Waals surface area (Å²) in [5.41, 5.74) is 7.65. The van der Waals surface area contributed by atoms with Gasteiger partial charge in [-0.2, -0.15) is 0 Å². The maximum absolute atomic E-state index is 5.33. The number of hydrogen-bond acceptors (Lipinski definition) is 0. The van der Waals surface area contributed by atoms with Gasteiger partial charge in [-0.15, -0.1) is 11.4 Å². The van der Waals surface area contributed by atoms with E-state index in [1.54, 1.807) is 0 Å². The zero-order valence-corrected chi connectivity index (χ0v) is 24.4. The molecule has 2 rings (SSSR count). The molecule has 0 aliphatic carbocycles. The normalized spacial score (nSPS) is 11.7. The molecular formula is C26H40ClCoNP2. The molecule has 0 unspecified atom stereocenters. The third kappa shape index (κ3) is 8.01. The third-order valence-electron chi connectivity index (χ3n) is 5.28. The van der Waals surface area contributed by atoms with E-state index in [1.165, 1.54) is 33.1 Å². The van der Waals surface area contributed by atoms with Crippen molar-refractivity contribution < 1.29 is 14.8 Å². The first-order valence-corrected chi connectivity index (χ1v) is 15.5. The number of nitrogens with zero attached hydrogens (tertiary/aromatic N) is 1. The van der Waals surface area contributed by atoms with Gasteiger partial charge >= 0.3 is 25.0 Å². The fourth-order valence-electron chi connectivity index (χ4n) is 4.30. The van der Waals surface area contributed by atoms with Crippen molar-refractivity contribution in [3.63, 3.8) is 0 Å². The van der Waals surface area contributed by atoms with Crippen LogP contribution in [0.25, 0.3) is 5.32 Å². The molecule has 0 bridgehead atoms. The van der Waals surface area contributed by atoms with Gasteiger partial charge < -0.3 is 5.32 Å². The third-order valence-corrected chi connectivity index (χ3v) is 11.6. The van der Waals surface area contributed by atoms with Crippen LogP contribution in [0.2, 0.25) is 0 Å². The molecule has 0 radical (unpaired) electrons. The summed E-state index contributed by atoms with van der Waals surface area (Å²) in [6.07, 6.45) is 0. The fraction of sp³-hybridized carbons (Fsp3) is 0.538. The van der Waals surface area contributed by atoms with Crippen molar-refractivity contribution in [1.29, 1.82) is 0 Å². The molecule has 0 atom stereocenters. The van der Waals surface area contributed by atoms with Crippen molar-refractivity contribution in [2.75, 3.05) is 0 Å². The number of rotatable bonds is 8. The summed E-state index contributed by atoms with van der Waals surface area (Å²) in [7, 11) is 3.82. The van der Waals surface area contributed by atoms with Gasteiger partial charge in [-0.25, -0.2) is 0 Å². The number of hydrogen-bond donors (Lipinski definition) is 0. The van der Waals surface area contributed by atoms with Crippen molar-refractivity contribution in [2.24, 2.45) is 0 Å². The van der Waals surface area contributed by atoms with E-state index >= 15 is 0 Å². The summed E-state index contributed by atoms with van der Waals surface area (Å²) in [6.45, 7) is 23.3. The minimum absolute atomic E-state index is 0.251. The first-order valence-electron chi connectivity index (χ1n) is 11.1. The molecule has 0 spiro atoms. The van der Waals surface area contributed by atoms with Crippen molar-refractivity contribution in [1.82, 2.24) is 0 Å². The van der Waals surface area contributed by atoms with Crippen LogP contribution in [0, 0.1) is 13.8 Å². The quantitative estimate of drug-likeness (QED) is 0.307. The van der Waals surface area contributed by atoms with Gasteiger partial charge in [-0.05, 0) is 47.1 Å². The van der Waals surface area contributed by atoms with E-state index in [9.17, 15) is 0 Å². The zero-order valence-electron chi connectivity index (χ0n) is 20.8. The maximum atomic E-state index is 5.33. The van der Waals surface area contributed by atoms with Gasteiger partial charge in [0.05, 0.1) is 0 Å². The van der Waals surface area contributed by atoms with E-state index in [2.05, 4.69) is 131 Å². The average Bonchev–Trinajstić information content (AvgIpc) is 2.66. The Bertz CT molecular complexity index is 738. The Labute approximate surface area is 206 Å². The van der Waals surface area contributed by atoms with Crippen LogP contribution in [-0.4, -0.2) is 22.6 Å². The van der Waals surface area contributed by atoms with Gasteiger partial charge in [0.2, 0.25) is 0 Å². The Hall–Kier alpha value is -0.104. The second-order valence-electron chi connectivity index (χ2n) is 9.29. The van der Waals surface area contributed by atoms with Crippen molar-refractivity contribution >= 4 is 48.0 Å². The predicted octanol–water partition coefficient (Wildman–Crippen LogP) is 9.18. The minimum atomic E-state index is -0.251. The van der Waals surface area contributed by atoms with E-state index in [-0.39, 0.29) is 15.8 Å². The molecule has 0 saturated heterocycles. The first-order chi connectivity index (χ1) is 14.5. The van der Waals surface area contributed by atoms with Gasteiger partial charge in [0.15, 0.2) is 0 Å². The van der Waals surface area contributed by atoms with E-state index in [4.69, 9.17) is 5.32 Å². The molecule has 0 aliphatic rings. The molecule has 31 heavy (non-hydrogen) atoms. The number of aryl methyl sites for hydroxylation is 2. The Balaban J connectivity index is 0.00000233. The van der Waals surface area contributed by atoms with Crippen LogP contribution >= 0.6 is 26.0 Å². The van der Waals surface area contributed by atoms with Crippen molar-refractivity contribution in [3.05, 3.63) is 52.8 Å². The van der Waals surface area contributed by atoms with Gasteiger partial charge in [-0.1, -0.05) is 119 Å². The van der Waals surface area contributed by atoms with E-state index in [1.807, 2.05) is 0 Å². The molecule has 0 fully saturated rings. The van der Waals surface area contributed by atoms with Crippen LogP contribution in [0.3, 0.4) is 0 Å². The SMILES string of the molecule is Cc1ccc([N-]c2ccc(C)cc2P(C(C)C)C(C)C)c(P(C(C)C)C(C)C)c1.[Cl][Co+]. The van der Waals surface area contributed by atoms with Crippen LogP contribution in [0.4, 0.5) is 11.4 Å². The summed E-state index contributed by atoms with van der Waals surface area (Å²) in [5.74, 6) is 0. The molecule has 0 N–H and O–H groups in total.